The molecule has 1 aliphatic heterocycles. The molecule has 1 heterocycles. The van der Waals surface area contributed by atoms with Crippen molar-refractivity contribution in [3.63, 3.8) is 0 Å². The third-order valence-corrected chi connectivity index (χ3v) is 7.80. The van der Waals surface area contributed by atoms with Crippen molar-refractivity contribution >= 4 is 35.0 Å². The number of ether oxygens (including phenoxy) is 1. The molecule has 3 N–H and O–H groups in total. The number of methoxy groups -OCH3 is 1. The van der Waals surface area contributed by atoms with Gasteiger partial charge in [-0.05, 0) is 55.2 Å². The van der Waals surface area contributed by atoms with Gasteiger partial charge < -0.3 is 20.7 Å². The monoisotopic (exact) mass is 566 g/mol. The normalized spacial score (nSPS) is 14.6. The number of dihydropyridines is 1. The lowest BCUT2D eigenvalue weighted by Crippen LogP contribution is -2.31. The predicted octanol–water partition coefficient (Wildman–Crippen LogP) is 6.74. The fourth-order valence-corrected chi connectivity index (χ4v) is 5.61. The molecule has 7 nitrogen and oxygen atoms in total. The Balaban J connectivity index is 1.55. The molecule has 210 valence electrons. The second kappa shape index (κ2) is 14.2. The number of nitrogens with one attached hydrogen (secondary N) is 3. The van der Waals surface area contributed by atoms with E-state index in [1.807, 2.05) is 73.7 Å². The molecule has 0 bridgehead atoms. The zero-order chi connectivity index (χ0) is 29.2. The highest BCUT2D eigenvalue weighted by molar-refractivity contribution is 8.03. The standard InChI is InChI=1S/C33H34N4O3S/c1-4-5-11-23-16-18-25(19-17-23)36-29(38)21-41-33-26(20-34)31(24-12-7-6-8-13-24)30(22(2)35-33)32(39)37-27-14-9-10-15-28(27)40-3/h6-10,12-19,31,35H,4-5,11,21H2,1-3H3,(H,36,38)(H,37,39)/t31-/m1/s1. The van der Waals surface area contributed by atoms with E-state index in [0.717, 1.165) is 30.5 Å². The number of allylic oxidation sites excluding steroid dienone is 2. The molecule has 0 saturated heterocycles. The number of thioether (sulfide) groups is 1. The van der Waals surface area contributed by atoms with Crippen LogP contribution in [0.2, 0.25) is 0 Å². The van der Waals surface area contributed by atoms with Crippen LogP contribution in [0, 0.1) is 11.3 Å². The van der Waals surface area contributed by atoms with Crippen molar-refractivity contribution in [1.29, 1.82) is 5.26 Å². The van der Waals surface area contributed by atoms with Crippen molar-refractivity contribution in [2.45, 2.75) is 39.0 Å². The predicted molar refractivity (Wildman–Crippen MR) is 165 cm³/mol. The molecule has 41 heavy (non-hydrogen) atoms. The number of hydrogen-bond acceptors (Lipinski definition) is 6. The molecule has 3 aromatic carbocycles. The largest absolute Gasteiger partial charge is 0.495 e. The number of unbranched alkanes of at least 4 members (excludes halogenated alkanes) is 1. The molecule has 4 rings (SSSR count). The minimum atomic E-state index is -0.613. The summed E-state index contributed by atoms with van der Waals surface area (Å²) in [5.41, 5.74) is 4.73. The average molecular weight is 567 g/mol. The molecule has 0 unspecified atom stereocenters. The number of carbonyl (C=O) groups excluding carboxylic acids is 2. The zero-order valence-corrected chi connectivity index (χ0v) is 24.3. The SMILES string of the molecule is CCCCc1ccc(NC(=O)CSC2=C(C#N)[C@@H](c3ccccc3)C(C(=O)Nc3ccccc3OC)=C(C)N2)cc1. The van der Waals surface area contributed by atoms with E-state index in [2.05, 4.69) is 28.9 Å². The number of benzene rings is 3. The first-order valence-electron chi connectivity index (χ1n) is 13.6. The Labute approximate surface area is 245 Å². The van der Waals surface area contributed by atoms with Gasteiger partial charge in [-0.2, -0.15) is 5.26 Å². The van der Waals surface area contributed by atoms with Gasteiger partial charge in [0.25, 0.3) is 5.91 Å². The van der Waals surface area contributed by atoms with Crippen LogP contribution in [0.1, 0.15) is 43.7 Å². The maximum absolute atomic E-state index is 13.7. The van der Waals surface area contributed by atoms with Crippen molar-refractivity contribution in [3.8, 4) is 11.8 Å². The van der Waals surface area contributed by atoms with E-state index in [0.29, 0.717) is 33.3 Å². The quantitative estimate of drug-likeness (QED) is 0.237. The smallest absolute Gasteiger partial charge is 0.254 e. The van der Waals surface area contributed by atoms with Gasteiger partial charge >= 0.3 is 0 Å². The van der Waals surface area contributed by atoms with E-state index in [1.165, 1.54) is 17.3 Å². The Morgan fingerprint density at radius 3 is 2.39 bits per heavy atom. The van der Waals surface area contributed by atoms with Crippen LogP contribution in [0.25, 0.3) is 0 Å². The summed E-state index contributed by atoms with van der Waals surface area (Å²) in [5.74, 6) is -0.500. The molecule has 8 heteroatoms. The topological polar surface area (TPSA) is 103 Å². The molecule has 1 atom stereocenters. The molecule has 0 aliphatic carbocycles. The Bertz CT molecular complexity index is 1490. The first kappa shape index (κ1) is 29.5. The molecule has 0 spiro atoms. The molecule has 3 aromatic rings. The number of nitriles is 1. The molecule has 0 saturated carbocycles. The van der Waals surface area contributed by atoms with Gasteiger partial charge in [0, 0.05) is 17.0 Å². The maximum atomic E-state index is 13.7. The van der Waals surface area contributed by atoms with Crippen molar-refractivity contribution in [1.82, 2.24) is 5.32 Å². The van der Waals surface area contributed by atoms with E-state index >= 15 is 0 Å². The van der Waals surface area contributed by atoms with Crippen LogP contribution in [-0.4, -0.2) is 24.7 Å². The molecule has 0 aromatic heterocycles. The highest BCUT2D eigenvalue weighted by atomic mass is 32.2. The summed E-state index contributed by atoms with van der Waals surface area (Å²) in [5, 5.41) is 20.0. The number of carbonyl (C=O) groups is 2. The average Bonchev–Trinajstić information content (AvgIpc) is 2.99. The molecule has 0 fully saturated rings. The second-order valence-corrected chi connectivity index (χ2v) is 10.6. The number of hydrogen-bond donors (Lipinski definition) is 3. The summed E-state index contributed by atoms with van der Waals surface area (Å²) >= 11 is 1.25. The van der Waals surface area contributed by atoms with Crippen LogP contribution in [0.3, 0.4) is 0 Å². The van der Waals surface area contributed by atoms with Gasteiger partial charge in [0.2, 0.25) is 5.91 Å². The Hall–Kier alpha value is -4.48. The summed E-state index contributed by atoms with van der Waals surface area (Å²) < 4.78 is 5.40. The summed E-state index contributed by atoms with van der Waals surface area (Å²) in [4.78, 5) is 26.5. The number of para-hydroxylation sites is 2. The third kappa shape index (κ3) is 7.38. The fraction of sp³-hybridized carbons (Fsp3) is 0.242. The highest BCUT2D eigenvalue weighted by Crippen LogP contribution is 2.41. The molecule has 1 aliphatic rings. The second-order valence-electron chi connectivity index (χ2n) is 9.65. The van der Waals surface area contributed by atoms with Crippen molar-refractivity contribution < 1.29 is 14.3 Å². The fourth-order valence-electron chi connectivity index (χ4n) is 4.71. The van der Waals surface area contributed by atoms with Crippen LogP contribution in [0.5, 0.6) is 5.75 Å². The van der Waals surface area contributed by atoms with Crippen LogP contribution in [-0.2, 0) is 16.0 Å². The summed E-state index contributed by atoms with van der Waals surface area (Å²) in [6.45, 7) is 3.97. The third-order valence-electron chi connectivity index (χ3n) is 6.78. The zero-order valence-electron chi connectivity index (χ0n) is 23.5. The van der Waals surface area contributed by atoms with E-state index in [4.69, 9.17) is 4.74 Å². The Morgan fingerprint density at radius 2 is 1.71 bits per heavy atom. The van der Waals surface area contributed by atoms with Gasteiger partial charge in [-0.1, -0.05) is 79.7 Å². The van der Waals surface area contributed by atoms with Gasteiger partial charge in [0.1, 0.15) is 5.75 Å². The number of amides is 2. The highest BCUT2D eigenvalue weighted by Gasteiger charge is 2.35. The van der Waals surface area contributed by atoms with E-state index in [1.54, 1.807) is 19.2 Å². The number of rotatable bonds is 11. The lowest BCUT2D eigenvalue weighted by Gasteiger charge is -2.30. The summed E-state index contributed by atoms with van der Waals surface area (Å²) in [6.07, 6.45) is 3.29. The Morgan fingerprint density at radius 1 is 1.00 bits per heavy atom. The Kier molecular flexibility index (Phi) is 10.2. The van der Waals surface area contributed by atoms with Gasteiger partial charge in [-0.15, -0.1) is 0 Å². The molecular weight excluding hydrogens is 532 g/mol. The molecule has 2 amide bonds. The first-order valence-corrected chi connectivity index (χ1v) is 14.6. The van der Waals surface area contributed by atoms with Gasteiger partial charge in [-0.3, -0.25) is 9.59 Å². The van der Waals surface area contributed by atoms with E-state index < -0.39 is 5.92 Å². The van der Waals surface area contributed by atoms with Gasteiger partial charge in [-0.25, -0.2) is 0 Å². The number of anilines is 2. The lowest BCUT2D eigenvalue weighted by atomic mass is 9.82. The lowest BCUT2D eigenvalue weighted by molar-refractivity contribution is -0.114. The van der Waals surface area contributed by atoms with Crippen LogP contribution in [0.4, 0.5) is 11.4 Å². The molecule has 0 radical (unpaired) electrons. The van der Waals surface area contributed by atoms with Crippen molar-refractivity contribution in [2.24, 2.45) is 0 Å². The van der Waals surface area contributed by atoms with E-state index in [-0.39, 0.29) is 17.6 Å². The summed E-state index contributed by atoms with van der Waals surface area (Å²) in [7, 11) is 1.54. The van der Waals surface area contributed by atoms with Crippen molar-refractivity contribution in [3.05, 3.63) is 112 Å². The van der Waals surface area contributed by atoms with Gasteiger partial charge in [0.05, 0.1) is 41.1 Å². The first-order chi connectivity index (χ1) is 19.9. The van der Waals surface area contributed by atoms with Crippen LogP contribution < -0.4 is 20.7 Å². The number of aryl methyl sites for hydroxylation is 1. The van der Waals surface area contributed by atoms with Gasteiger partial charge in [0.15, 0.2) is 0 Å². The number of nitrogens with zero attached hydrogens (tertiary/aromatic N) is 1. The molecular formula is C33H34N4O3S. The minimum Gasteiger partial charge on any atom is -0.495 e. The minimum absolute atomic E-state index is 0.0998. The van der Waals surface area contributed by atoms with E-state index in [9.17, 15) is 14.9 Å². The van der Waals surface area contributed by atoms with Crippen molar-refractivity contribution in [2.75, 3.05) is 23.5 Å². The maximum Gasteiger partial charge on any atom is 0.254 e. The van der Waals surface area contributed by atoms with Crippen LogP contribution in [0.15, 0.2) is 101 Å². The van der Waals surface area contributed by atoms with Crippen LogP contribution >= 0.6 is 11.8 Å². The summed E-state index contributed by atoms with van der Waals surface area (Å²) in [6, 6.07) is 26.8.